The van der Waals surface area contributed by atoms with E-state index in [2.05, 4.69) is 57.1 Å². The van der Waals surface area contributed by atoms with Crippen LogP contribution in [0.25, 0.3) is 0 Å². The average molecular weight is 417 g/mol. The van der Waals surface area contributed by atoms with Crippen LogP contribution >= 0.6 is 22.6 Å². The lowest BCUT2D eigenvalue weighted by Crippen LogP contribution is -2.49. The molecule has 22 heavy (non-hydrogen) atoms. The number of amides is 1. The Hall–Kier alpha value is -0.860. The van der Waals surface area contributed by atoms with Crippen molar-refractivity contribution >= 4 is 34.2 Å². The first-order valence-electron chi connectivity index (χ1n) is 7.64. The molecule has 0 spiro atoms. The average Bonchev–Trinajstić information content (AvgIpc) is 2.56. The smallest absolute Gasteiger partial charge is 0.225 e. The number of rotatable bonds is 7. The Morgan fingerprint density at radius 3 is 2.50 bits per heavy atom. The molecule has 1 aliphatic rings. The van der Waals surface area contributed by atoms with E-state index in [0.29, 0.717) is 17.6 Å². The second-order valence-corrected chi connectivity index (χ2v) is 5.95. The van der Waals surface area contributed by atoms with Crippen LogP contribution in [-0.4, -0.2) is 55.3 Å². The van der Waals surface area contributed by atoms with Crippen molar-refractivity contribution in [2.45, 2.75) is 13.0 Å². The number of carbonyl (C=O) groups excluding carboxylic acids is 1. The highest BCUT2D eigenvalue weighted by atomic mass is 127. The molecule has 1 aliphatic heterocycles. The van der Waals surface area contributed by atoms with Gasteiger partial charge in [0, 0.05) is 38.4 Å². The Labute approximate surface area is 146 Å². The summed E-state index contributed by atoms with van der Waals surface area (Å²) in [5.41, 5.74) is 2.52. The fourth-order valence-corrected chi connectivity index (χ4v) is 2.93. The van der Waals surface area contributed by atoms with Crippen LogP contribution in [-0.2, 0) is 16.1 Å². The number of nitrogens with zero attached hydrogens (tertiary/aromatic N) is 2. The molecule has 122 valence electrons. The zero-order valence-electron chi connectivity index (χ0n) is 13.1. The summed E-state index contributed by atoms with van der Waals surface area (Å²) in [5.74, 6) is 0.203. The molecule has 5 nitrogen and oxygen atoms in total. The van der Waals surface area contributed by atoms with Crippen LogP contribution < -0.4 is 10.2 Å². The Bertz CT molecular complexity index is 459. The third kappa shape index (κ3) is 5.10. The molecule has 2 rings (SSSR count). The molecule has 1 heterocycles. The fourth-order valence-electron chi connectivity index (χ4n) is 2.61. The van der Waals surface area contributed by atoms with Crippen LogP contribution in [0.5, 0.6) is 0 Å². The van der Waals surface area contributed by atoms with Gasteiger partial charge in [-0.3, -0.25) is 4.79 Å². The molecule has 0 saturated carbocycles. The zero-order chi connectivity index (χ0) is 15.8. The van der Waals surface area contributed by atoms with Crippen LogP contribution in [0.15, 0.2) is 24.3 Å². The monoisotopic (exact) mass is 417 g/mol. The summed E-state index contributed by atoms with van der Waals surface area (Å²) >= 11 is 2.15. The molecular weight excluding hydrogens is 393 g/mol. The Balaban J connectivity index is 1.80. The summed E-state index contributed by atoms with van der Waals surface area (Å²) in [7, 11) is 1.95. The van der Waals surface area contributed by atoms with Gasteiger partial charge in [0.1, 0.15) is 0 Å². The normalized spacial score (nSPS) is 15.2. The van der Waals surface area contributed by atoms with Crippen molar-refractivity contribution in [2.24, 2.45) is 0 Å². The van der Waals surface area contributed by atoms with E-state index in [0.717, 1.165) is 32.7 Å². The highest BCUT2D eigenvalue weighted by Crippen LogP contribution is 2.17. The summed E-state index contributed by atoms with van der Waals surface area (Å²) in [6, 6.07) is 8.65. The van der Waals surface area contributed by atoms with E-state index >= 15 is 0 Å². The van der Waals surface area contributed by atoms with Crippen LogP contribution in [0.3, 0.4) is 0 Å². The Morgan fingerprint density at radius 2 is 1.91 bits per heavy atom. The van der Waals surface area contributed by atoms with E-state index in [9.17, 15) is 4.79 Å². The van der Waals surface area contributed by atoms with E-state index < -0.39 is 0 Å². The largest absolute Gasteiger partial charge is 0.371 e. The molecule has 1 N–H and O–H groups in total. The molecule has 1 saturated heterocycles. The van der Waals surface area contributed by atoms with E-state index in [1.807, 2.05) is 11.9 Å². The molecule has 1 aromatic rings. The molecular formula is C16H24IN3O2. The topological polar surface area (TPSA) is 44.8 Å². The van der Waals surface area contributed by atoms with Gasteiger partial charge in [0.2, 0.25) is 5.91 Å². The molecule has 1 fully saturated rings. The Morgan fingerprint density at radius 1 is 1.23 bits per heavy atom. The first kappa shape index (κ1) is 17.5. The maximum absolute atomic E-state index is 12.1. The first-order chi connectivity index (χ1) is 10.7. The van der Waals surface area contributed by atoms with Gasteiger partial charge in [-0.25, -0.2) is 0 Å². The number of hydrogen-bond acceptors (Lipinski definition) is 4. The molecule has 0 aromatic heterocycles. The first-order valence-corrected chi connectivity index (χ1v) is 9.17. The minimum Gasteiger partial charge on any atom is -0.371 e. The molecule has 0 radical (unpaired) electrons. The van der Waals surface area contributed by atoms with Crippen LogP contribution in [0, 0.1) is 0 Å². The van der Waals surface area contributed by atoms with E-state index in [1.165, 1.54) is 11.3 Å². The summed E-state index contributed by atoms with van der Waals surface area (Å²) in [4.78, 5) is 16.3. The predicted molar refractivity (Wildman–Crippen MR) is 97.5 cm³/mol. The van der Waals surface area contributed by atoms with Crippen LogP contribution in [0.2, 0.25) is 0 Å². The number of alkyl halides is 1. The number of hydrogen-bond donors (Lipinski definition) is 1. The molecule has 0 unspecified atom stereocenters. The van der Waals surface area contributed by atoms with Gasteiger partial charge in [0.05, 0.1) is 17.6 Å². The summed E-state index contributed by atoms with van der Waals surface area (Å²) in [5, 5.41) is 3.15. The fraction of sp³-hybridized carbons (Fsp3) is 0.562. The van der Waals surface area contributed by atoms with Crippen molar-refractivity contribution < 1.29 is 9.53 Å². The van der Waals surface area contributed by atoms with Crippen LogP contribution in [0.1, 0.15) is 12.0 Å². The lowest BCUT2D eigenvalue weighted by molar-refractivity contribution is -0.132. The SMILES string of the molecule is CNCc1ccc(N2CCN(C(=O)CCOCI)CC2)cc1. The Kier molecular flexibility index (Phi) is 7.41. The lowest BCUT2D eigenvalue weighted by Gasteiger charge is -2.36. The minimum absolute atomic E-state index is 0.203. The van der Waals surface area contributed by atoms with Crippen molar-refractivity contribution in [3.8, 4) is 0 Å². The number of halogens is 1. The van der Waals surface area contributed by atoms with E-state index in [4.69, 9.17) is 4.74 Å². The second kappa shape index (κ2) is 9.32. The number of benzene rings is 1. The van der Waals surface area contributed by atoms with Gasteiger partial charge in [0.25, 0.3) is 0 Å². The predicted octanol–water partition coefficient (Wildman–Crippen LogP) is 1.85. The quantitative estimate of drug-likeness (QED) is 0.418. The number of piperazine rings is 1. The van der Waals surface area contributed by atoms with Crippen LogP contribution in [0.4, 0.5) is 5.69 Å². The summed E-state index contributed by atoms with van der Waals surface area (Å²) in [6.45, 7) is 4.79. The number of ether oxygens (including phenoxy) is 1. The lowest BCUT2D eigenvalue weighted by atomic mass is 10.1. The summed E-state index contributed by atoms with van der Waals surface area (Å²) < 4.78 is 5.88. The van der Waals surface area contributed by atoms with Crippen molar-refractivity contribution in [2.75, 3.05) is 49.3 Å². The maximum Gasteiger partial charge on any atom is 0.225 e. The van der Waals surface area contributed by atoms with E-state index in [1.54, 1.807) is 0 Å². The molecule has 1 amide bonds. The van der Waals surface area contributed by atoms with Crippen molar-refractivity contribution in [3.63, 3.8) is 0 Å². The van der Waals surface area contributed by atoms with Gasteiger partial charge in [-0.05, 0) is 24.7 Å². The standard InChI is InChI=1S/C16H24IN3O2/c1-18-12-14-2-4-15(5-3-14)19-7-9-20(10-8-19)16(21)6-11-22-13-17/h2-5,18H,6-13H2,1H3. The third-order valence-corrected chi connectivity index (χ3v) is 4.29. The zero-order valence-corrected chi connectivity index (χ0v) is 15.2. The minimum atomic E-state index is 0.203. The van der Waals surface area contributed by atoms with Gasteiger partial charge in [-0.2, -0.15) is 0 Å². The second-order valence-electron chi connectivity index (χ2n) is 5.33. The number of carbonyl (C=O) groups is 1. The van der Waals surface area contributed by atoms with Gasteiger partial charge in [0.15, 0.2) is 0 Å². The number of anilines is 1. The van der Waals surface area contributed by atoms with E-state index in [-0.39, 0.29) is 5.91 Å². The van der Waals surface area contributed by atoms with Crippen molar-refractivity contribution in [3.05, 3.63) is 29.8 Å². The molecule has 0 aliphatic carbocycles. The summed E-state index contributed by atoms with van der Waals surface area (Å²) in [6.07, 6.45) is 0.488. The van der Waals surface area contributed by atoms with Crippen molar-refractivity contribution in [1.82, 2.24) is 10.2 Å². The number of nitrogens with one attached hydrogen (secondary N) is 1. The molecule has 6 heteroatoms. The third-order valence-electron chi connectivity index (χ3n) is 3.85. The molecule has 1 aromatic carbocycles. The van der Waals surface area contributed by atoms with Crippen molar-refractivity contribution in [1.29, 1.82) is 0 Å². The highest BCUT2D eigenvalue weighted by Gasteiger charge is 2.20. The highest BCUT2D eigenvalue weighted by molar-refractivity contribution is 14.1. The van der Waals surface area contributed by atoms with Gasteiger partial charge < -0.3 is 19.9 Å². The maximum atomic E-state index is 12.1. The molecule has 0 bridgehead atoms. The van der Waals surface area contributed by atoms with Gasteiger partial charge in [-0.1, -0.05) is 34.7 Å². The van der Waals surface area contributed by atoms with Gasteiger partial charge >= 0.3 is 0 Å². The van der Waals surface area contributed by atoms with Gasteiger partial charge in [-0.15, -0.1) is 0 Å². The molecule has 0 atom stereocenters.